The summed E-state index contributed by atoms with van der Waals surface area (Å²) in [5.74, 6) is 0. The predicted octanol–water partition coefficient (Wildman–Crippen LogP) is 1.79. The number of hydrazine groups is 1. The van der Waals surface area contributed by atoms with E-state index in [4.69, 9.17) is 4.74 Å². The summed E-state index contributed by atoms with van der Waals surface area (Å²) in [4.78, 5) is 0. The van der Waals surface area contributed by atoms with Gasteiger partial charge < -0.3 is 4.74 Å². The maximum Gasteiger partial charge on any atom is 0.0608 e. The van der Waals surface area contributed by atoms with Crippen LogP contribution >= 0.6 is 0 Å². The molecule has 3 nitrogen and oxygen atoms in total. The second-order valence-corrected chi connectivity index (χ2v) is 3.98. The lowest BCUT2D eigenvalue weighted by Crippen LogP contribution is -2.49. The van der Waals surface area contributed by atoms with Crippen molar-refractivity contribution in [2.75, 3.05) is 26.3 Å². The first kappa shape index (κ1) is 12.0. The molecule has 1 atom stereocenters. The first-order valence-electron chi connectivity index (χ1n) is 5.95. The average molecular weight is 200 g/mol. The highest BCUT2D eigenvalue weighted by atomic mass is 16.5. The second-order valence-electron chi connectivity index (χ2n) is 3.98. The Labute approximate surface area is 87.8 Å². The molecule has 0 radical (unpaired) electrons. The Morgan fingerprint density at radius 3 is 2.57 bits per heavy atom. The molecule has 0 aliphatic carbocycles. The third-order valence-corrected chi connectivity index (χ3v) is 2.78. The van der Waals surface area contributed by atoms with Crippen molar-refractivity contribution in [2.45, 2.75) is 45.6 Å². The van der Waals surface area contributed by atoms with Crippen LogP contribution in [-0.4, -0.2) is 37.4 Å². The lowest BCUT2D eigenvalue weighted by molar-refractivity contribution is 0.00236. The quantitative estimate of drug-likeness (QED) is 0.707. The van der Waals surface area contributed by atoms with Crippen molar-refractivity contribution >= 4 is 0 Å². The fourth-order valence-electron chi connectivity index (χ4n) is 1.76. The Balaban J connectivity index is 2.16. The third-order valence-electron chi connectivity index (χ3n) is 2.78. The van der Waals surface area contributed by atoms with Crippen molar-refractivity contribution in [3.05, 3.63) is 0 Å². The Morgan fingerprint density at radius 1 is 1.29 bits per heavy atom. The van der Waals surface area contributed by atoms with Gasteiger partial charge in [0.2, 0.25) is 0 Å². The summed E-state index contributed by atoms with van der Waals surface area (Å²) in [6, 6.07) is 0.660. The highest BCUT2D eigenvalue weighted by Crippen LogP contribution is 2.05. The van der Waals surface area contributed by atoms with Crippen molar-refractivity contribution in [2.24, 2.45) is 0 Å². The molecule has 84 valence electrons. The summed E-state index contributed by atoms with van der Waals surface area (Å²) < 4.78 is 5.31. The van der Waals surface area contributed by atoms with Crippen LogP contribution in [0.25, 0.3) is 0 Å². The van der Waals surface area contributed by atoms with Crippen LogP contribution < -0.4 is 5.43 Å². The maximum atomic E-state index is 5.31. The number of morpholine rings is 1. The van der Waals surface area contributed by atoms with Gasteiger partial charge in [0.25, 0.3) is 0 Å². The Bertz CT molecular complexity index is 135. The molecule has 1 unspecified atom stereocenters. The molecule has 0 spiro atoms. The van der Waals surface area contributed by atoms with E-state index in [0.29, 0.717) is 6.04 Å². The number of ether oxygens (including phenoxy) is 1. The molecule has 1 aliphatic heterocycles. The van der Waals surface area contributed by atoms with E-state index in [2.05, 4.69) is 24.3 Å². The van der Waals surface area contributed by atoms with E-state index in [1.54, 1.807) is 0 Å². The van der Waals surface area contributed by atoms with E-state index in [1.807, 2.05) is 0 Å². The second kappa shape index (κ2) is 7.21. The van der Waals surface area contributed by atoms with Gasteiger partial charge in [-0.05, 0) is 12.8 Å². The molecular formula is C11H24N2O. The van der Waals surface area contributed by atoms with Gasteiger partial charge in [0.15, 0.2) is 0 Å². The van der Waals surface area contributed by atoms with Gasteiger partial charge in [-0.1, -0.05) is 26.7 Å². The van der Waals surface area contributed by atoms with Gasteiger partial charge in [0.05, 0.1) is 13.2 Å². The van der Waals surface area contributed by atoms with Crippen LogP contribution in [0.15, 0.2) is 0 Å². The van der Waals surface area contributed by atoms with E-state index in [9.17, 15) is 0 Å². The number of nitrogens with one attached hydrogen (secondary N) is 1. The van der Waals surface area contributed by atoms with Crippen molar-refractivity contribution in [1.29, 1.82) is 0 Å². The zero-order valence-electron chi connectivity index (χ0n) is 9.59. The van der Waals surface area contributed by atoms with Crippen LogP contribution in [0.4, 0.5) is 0 Å². The number of rotatable bonds is 6. The molecule has 14 heavy (non-hydrogen) atoms. The molecule has 1 heterocycles. The van der Waals surface area contributed by atoms with Gasteiger partial charge in [-0.2, -0.15) is 0 Å². The summed E-state index contributed by atoms with van der Waals surface area (Å²) in [6.45, 7) is 8.31. The fraction of sp³-hybridized carbons (Fsp3) is 1.00. The predicted molar refractivity (Wildman–Crippen MR) is 59.1 cm³/mol. The lowest BCUT2D eigenvalue weighted by atomic mass is 10.1. The first-order valence-corrected chi connectivity index (χ1v) is 5.95. The van der Waals surface area contributed by atoms with Gasteiger partial charge in [0.1, 0.15) is 0 Å². The molecule has 1 rings (SSSR count). The zero-order valence-corrected chi connectivity index (χ0v) is 9.59. The normalized spacial score (nSPS) is 21.0. The minimum atomic E-state index is 0.660. The van der Waals surface area contributed by atoms with Crippen molar-refractivity contribution in [3.63, 3.8) is 0 Å². The summed E-state index contributed by atoms with van der Waals surface area (Å²) in [5, 5.41) is 2.31. The zero-order chi connectivity index (χ0) is 10.2. The highest BCUT2D eigenvalue weighted by Gasteiger charge is 2.13. The third kappa shape index (κ3) is 4.40. The van der Waals surface area contributed by atoms with Crippen LogP contribution in [0, 0.1) is 0 Å². The molecule has 0 amide bonds. The Kier molecular flexibility index (Phi) is 6.15. The average Bonchev–Trinajstić information content (AvgIpc) is 2.25. The molecular weight excluding hydrogens is 176 g/mol. The van der Waals surface area contributed by atoms with E-state index >= 15 is 0 Å². The van der Waals surface area contributed by atoms with Crippen LogP contribution in [0.5, 0.6) is 0 Å². The largest absolute Gasteiger partial charge is 0.379 e. The molecule has 1 N–H and O–H groups in total. The molecule has 0 aromatic rings. The summed E-state index contributed by atoms with van der Waals surface area (Å²) >= 11 is 0. The standard InChI is InChI=1S/C11H24N2O/c1-3-5-6-11(4-2)12-13-7-9-14-10-8-13/h11-12H,3-10H2,1-2H3. The highest BCUT2D eigenvalue weighted by molar-refractivity contribution is 4.66. The van der Waals surface area contributed by atoms with Crippen molar-refractivity contribution in [1.82, 2.24) is 10.4 Å². The van der Waals surface area contributed by atoms with Gasteiger partial charge in [-0.25, -0.2) is 5.01 Å². The van der Waals surface area contributed by atoms with E-state index in [0.717, 1.165) is 26.3 Å². The SMILES string of the molecule is CCCCC(CC)NN1CCOCC1. The molecule has 0 aromatic carbocycles. The lowest BCUT2D eigenvalue weighted by Gasteiger charge is -2.31. The number of unbranched alkanes of at least 4 members (excludes halogenated alkanes) is 1. The van der Waals surface area contributed by atoms with E-state index < -0.39 is 0 Å². The molecule has 1 saturated heterocycles. The van der Waals surface area contributed by atoms with Crippen LogP contribution in [0.3, 0.4) is 0 Å². The first-order chi connectivity index (χ1) is 6.86. The molecule has 0 saturated carbocycles. The van der Waals surface area contributed by atoms with E-state index in [-0.39, 0.29) is 0 Å². The van der Waals surface area contributed by atoms with Gasteiger partial charge in [-0.15, -0.1) is 0 Å². The maximum absolute atomic E-state index is 5.31. The number of hydrogen-bond donors (Lipinski definition) is 1. The molecule has 1 fully saturated rings. The van der Waals surface area contributed by atoms with Gasteiger partial charge in [-0.3, -0.25) is 5.43 Å². The fourth-order valence-corrected chi connectivity index (χ4v) is 1.76. The Morgan fingerprint density at radius 2 is 2.00 bits per heavy atom. The van der Waals surface area contributed by atoms with Crippen molar-refractivity contribution < 1.29 is 4.74 Å². The molecule has 3 heteroatoms. The monoisotopic (exact) mass is 200 g/mol. The molecule has 1 aliphatic rings. The number of nitrogens with zero attached hydrogens (tertiary/aromatic N) is 1. The van der Waals surface area contributed by atoms with Gasteiger partial charge >= 0.3 is 0 Å². The Hall–Kier alpha value is -0.120. The minimum absolute atomic E-state index is 0.660. The summed E-state index contributed by atoms with van der Waals surface area (Å²) in [6.07, 6.45) is 5.14. The van der Waals surface area contributed by atoms with E-state index in [1.165, 1.54) is 25.7 Å². The van der Waals surface area contributed by atoms with Crippen molar-refractivity contribution in [3.8, 4) is 0 Å². The van der Waals surface area contributed by atoms with Crippen LogP contribution in [-0.2, 0) is 4.74 Å². The van der Waals surface area contributed by atoms with Crippen LogP contribution in [0.1, 0.15) is 39.5 Å². The summed E-state index contributed by atoms with van der Waals surface area (Å²) in [7, 11) is 0. The molecule has 0 aromatic heterocycles. The summed E-state index contributed by atoms with van der Waals surface area (Å²) in [5.41, 5.74) is 3.59. The molecule has 0 bridgehead atoms. The van der Waals surface area contributed by atoms with Crippen LogP contribution in [0.2, 0.25) is 0 Å². The minimum Gasteiger partial charge on any atom is -0.379 e. The van der Waals surface area contributed by atoms with Gasteiger partial charge in [0, 0.05) is 19.1 Å². The topological polar surface area (TPSA) is 24.5 Å². The number of hydrogen-bond acceptors (Lipinski definition) is 3. The smallest absolute Gasteiger partial charge is 0.0608 e.